The van der Waals surface area contributed by atoms with E-state index in [0.717, 1.165) is 29.8 Å². The first-order valence-electron chi connectivity index (χ1n) is 9.54. The summed E-state index contributed by atoms with van der Waals surface area (Å²) < 4.78 is 22.5. The number of aromatic nitrogens is 4. The second kappa shape index (κ2) is 7.25. The maximum atomic E-state index is 5.93. The standard InChI is InChI=1S/C20H26N4O4/c1-11-15(13-9-27-20(2,3)28-10-13)16(12-6-7-12)17(24-23-11)14-8-21-19(26-5)22-18(14)25-4/h8,12-13H,6-7,9-10H2,1-5H3. The van der Waals surface area contributed by atoms with Crippen LogP contribution in [0.15, 0.2) is 6.20 Å². The predicted octanol–water partition coefficient (Wildman–Crippen LogP) is 3.00. The van der Waals surface area contributed by atoms with Gasteiger partial charge in [0.2, 0.25) is 5.88 Å². The van der Waals surface area contributed by atoms with E-state index in [0.29, 0.717) is 25.0 Å². The molecular weight excluding hydrogens is 360 g/mol. The summed E-state index contributed by atoms with van der Waals surface area (Å²) in [4.78, 5) is 8.57. The molecule has 3 heterocycles. The molecule has 0 N–H and O–H groups in total. The molecule has 1 aliphatic heterocycles. The van der Waals surface area contributed by atoms with Crippen molar-refractivity contribution < 1.29 is 18.9 Å². The molecule has 2 aromatic rings. The summed E-state index contributed by atoms with van der Waals surface area (Å²) in [5.74, 6) is 0.430. The first kappa shape index (κ1) is 19.0. The average molecular weight is 386 g/mol. The first-order chi connectivity index (χ1) is 13.4. The van der Waals surface area contributed by atoms with Crippen molar-refractivity contribution >= 4 is 0 Å². The number of nitrogens with zero attached hydrogens (tertiary/aromatic N) is 4. The van der Waals surface area contributed by atoms with Gasteiger partial charge < -0.3 is 18.9 Å². The molecule has 0 radical (unpaired) electrons. The van der Waals surface area contributed by atoms with E-state index in [-0.39, 0.29) is 11.9 Å². The molecule has 0 bridgehead atoms. The Kier molecular flexibility index (Phi) is 4.93. The summed E-state index contributed by atoms with van der Waals surface area (Å²) in [5, 5.41) is 8.98. The van der Waals surface area contributed by atoms with Crippen LogP contribution < -0.4 is 9.47 Å². The Morgan fingerprint density at radius 1 is 1.00 bits per heavy atom. The van der Waals surface area contributed by atoms with Crippen LogP contribution in [0.4, 0.5) is 0 Å². The maximum absolute atomic E-state index is 5.93. The fourth-order valence-electron chi connectivity index (χ4n) is 3.68. The van der Waals surface area contributed by atoms with E-state index in [9.17, 15) is 0 Å². The lowest BCUT2D eigenvalue weighted by atomic mass is 9.89. The monoisotopic (exact) mass is 386 g/mol. The van der Waals surface area contributed by atoms with Gasteiger partial charge in [0.25, 0.3) is 0 Å². The maximum Gasteiger partial charge on any atom is 0.319 e. The van der Waals surface area contributed by atoms with E-state index in [2.05, 4.69) is 20.2 Å². The number of rotatable bonds is 5. The van der Waals surface area contributed by atoms with Crippen LogP contribution in [0.25, 0.3) is 11.3 Å². The Balaban J connectivity index is 1.82. The zero-order chi connectivity index (χ0) is 19.9. The Morgan fingerprint density at radius 2 is 1.71 bits per heavy atom. The molecule has 0 amide bonds. The Hall–Kier alpha value is -2.32. The number of aryl methyl sites for hydroxylation is 1. The summed E-state index contributed by atoms with van der Waals surface area (Å²) in [6.07, 6.45) is 3.95. The third kappa shape index (κ3) is 3.54. The molecule has 28 heavy (non-hydrogen) atoms. The Bertz CT molecular complexity index is 873. The van der Waals surface area contributed by atoms with Crippen LogP contribution in [-0.2, 0) is 9.47 Å². The summed E-state index contributed by atoms with van der Waals surface area (Å²) >= 11 is 0. The van der Waals surface area contributed by atoms with Crippen molar-refractivity contribution in [2.45, 2.75) is 51.2 Å². The van der Waals surface area contributed by atoms with Gasteiger partial charge in [0, 0.05) is 12.1 Å². The SMILES string of the molecule is COc1ncc(-c2nnc(C)c(C3COC(C)(C)OC3)c2C2CC2)c(OC)n1. The quantitative estimate of drug-likeness (QED) is 0.775. The van der Waals surface area contributed by atoms with E-state index in [1.54, 1.807) is 13.3 Å². The van der Waals surface area contributed by atoms with Crippen molar-refractivity contribution in [3.63, 3.8) is 0 Å². The van der Waals surface area contributed by atoms with Crippen molar-refractivity contribution in [1.82, 2.24) is 20.2 Å². The van der Waals surface area contributed by atoms with Crippen molar-refractivity contribution in [2.75, 3.05) is 27.4 Å². The first-order valence-corrected chi connectivity index (χ1v) is 9.54. The molecule has 8 heteroatoms. The molecule has 1 saturated heterocycles. The van der Waals surface area contributed by atoms with Crippen LogP contribution in [0.5, 0.6) is 11.9 Å². The lowest BCUT2D eigenvalue weighted by molar-refractivity contribution is -0.251. The minimum absolute atomic E-state index is 0.114. The molecule has 4 rings (SSSR count). The molecule has 150 valence electrons. The zero-order valence-corrected chi connectivity index (χ0v) is 17.0. The van der Waals surface area contributed by atoms with Crippen LogP contribution in [-0.4, -0.2) is 53.4 Å². The fourth-order valence-corrected chi connectivity index (χ4v) is 3.68. The van der Waals surface area contributed by atoms with Crippen LogP contribution in [0.2, 0.25) is 0 Å². The van der Waals surface area contributed by atoms with Crippen molar-refractivity contribution in [3.05, 3.63) is 23.0 Å². The van der Waals surface area contributed by atoms with E-state index in [4.69, 9.17) is 18.9 Å². The molecule has 2 aromatic heterocycles. The van der Waals surface area contributed by atoms with Gasteiger partial charge in [-0.3, -0.25) is 0 Å². The molecular formula is C20H26N4O4. The van der Waals surface area contributed by atoms with Gasteiger partial charge in [0.15, 0.2) is 5.79 Å². The number of ether oxygens (including phenoxy) is 4. The smallest absolute Gasteiger partial charge is 0.319 e. The Labute approximate surface area is 164 Å². The molecule has 0 atom stereocenters. The highest BCUT2D eigenvalue weighted by Crippen LogP contribution is 2.49. The van der Waals surface area contributed by atoms with E-state index >= 15 is 0 Å². The molecule has 0 unspecified atom stereocenters. The lowest BCUT2D eigenvalue weighted by Crippen LogP contribution is -2.38. The van der Waals surface area contributed by atoms with Gasteiger partial charge in [-0.1, -0.05) is 0 Å². The topological polar surface area (TPSA) is 88.5 Å². The third-order valence-corrected chi connectivity index (χ3v) is 5.26. The summed E-state index contributed by atoms with van der Waals surface area (Å²) in [5.41, 5.74) is 4.76. The normalized spacial score (nSPS) is 19.5. The second-order valence-corrected chi connectivity index (χ2v) is 7.73. The van der Waals surface area contributed by atoms with Gasteiger partial charge in [0.05, 0.1) is 38.7 Å². The molecule has 8 nitrogen and oxygen atoms in total. The van der Waals surface area contributed by atoms with Gasteiger partial charge in [-0.25, -0.2) is 4.98 Å². The molecule has 1 aliphatic carbocycles. The summed E-state index contributed by atoms with van der Waals surface area (Å²) in [6, 6.07) is 0.255. The van der Waals surface area contributed by atoms with E-state index in [1.165, 1.54) is 18.2 Å². The third-order valence-electron chi connectivity index (χ3n) is 5.26. The summed E-state index contributed by atoms with van der Waals surface area (Å²) in [7, 11) is 3.11. The van der Waals surface area contributed by atoms with Crippen LogP contribution in [0, 0.1) is 6.92 Å². The van der Waals surface area contributed by atoms with Gasteiger partial charge in [0.1, 0.15) is 5.69 Å². The number of hydrogen-bond acceptors (Lipinski definition) is 8. The highest BCUT2D eigenvalue weighted by atomic mass is 16.7. The largest absolute Gasteiger partial charge is 0.480 e. The van der Waals surface area contributed by atoms with Crippen molar-refractivity contribution in [1.29, 1.82) is 0 Å². The fraction of sp³-hybridized carbons (Fsp3) is 0.600. The molecule has 2 aliphatic rings. The van der Waals surface area contributed by atoms with Gasteiger partial charge in [-0.15, -0.1) is 5.10 Å². The Morgan fingerprint density at radius 3 is 2.32 bits per heavy atom. The minimum Gasteiger partial charge on any atom is -0.480 e. The molecule has 1 saturated carbocycles. The van der Waals surface area contributed by atoms with Crippen molar-refractivity contribution in [2.24, 2.45) is 0 Å². The molecule has 2 fully saturated rings. The minimum atomic E-state index is -0.555. The molecule has 0 aromatic carbocycles. The highest BCUT2D eigenvalue weighted by Gasteiger charge is 2.37. The number of hydrogen-bond donors (Lipinski definition) is 0. The van der Waals surface area contributed by atoms with Crippen LogP contribution >= 0.6 is 0 Å². The predicted molar refractivity (Wildman–Crippen MR) is 102 cm³/mol. The lowest BCUT2D eigenvalue weighted by Gasteiger charge is -2.36. The van der Waals surface area contributed by atoms with Gasteiger partial charge in [-0.2, -0.15) is 10.1 Å². The highest BCUT2D eigenvalue weighted by molar-refractivity contribution is 5.70. The van der Waals surface area contributed by atoms with Crippen LogP contribution in [0.1, 0.15) is 55.3 Å². The second-order valence-electron chi connectivity index (χ2n) is 7.73. The van der Waals surface area contributed by atoms with Crippen molar-refractivity contribution in [3.8, 4) is 23.1 Å². The number of methoxy groups -OCH3 is 2. The van der Waals surface area contributed by atoms with Gasteiger partial charge >= 0.3 is 6.01 Å². The summed E-state index contributed by atoms with van der Waals surface area (Å²) in [6.45, 7) is 7.06. The van der Waals surface area contributed by atoms with Crippen LogP contribution in [0.3, 0.4) is 0 Å². The van der Waals surface area contributed by atoms with Gasteiger partial charge in [-0.05, 0) is 50.7 Å². The van der Waals surface area contributed by atoms with E-state index < -0.39 is 5.79 Å². The average Bonchev–Trinajstić information content (AvgIpc) is 3.53. The zero-order valence-electron chi connectivity index (χ0n) is 17.0. The molecule has 0 spiro atoms. The van der Waals surface area contributed by atoms with E-state index in [1.807, 2.05) is 20.8 Å².